The van der Waals surface area contributed by atoms with E-state index in [0.29, 0.717) is 19.6 Å². The minimum absolute atomic E-state index is 0.00768. The number of hydrogen-bond donors (Lipinski definition) is 1. The highest BCUT2D eigenvalue weighted by Crippen LogP contribution is 2.10. The predicted molar refractivity (Wildman–Crippen MR) is 73.9 cm³/mol. The molecule has 0 fully saturated rings. The van der Waals surface area contributed by atoms with E-state index in [0.717, 1.165) is 6.42 Å². The van der Waals surface area contributed by atoms with Crippen molar-refractivity contribution in [3.05, 3.63) is 0 Å². The van der Waals surface area contributed by atoms with Crippen LogP contribution in [0.1, 0.15) is 33.6 Å². The molecule has 0 rings (SSSR count). The van der Waals surface area contributed by atoms with Gasteiger partial charge >= 0.3 is 0 Å². The van der Waals surface area contributed by atoms with Crippen LogP contribution in [0.5, 0.6) is 0 Å². The van der Waals surface area contributed by atoms with Gasteiger partial charge in [-0.3, -0.25) is 4.79 Å². The molecule has 0 saturated heterocycles. The van der Waals surface area contributed by atoms with E-state index in [1.54, 1.807) is 11.9 Å². The summed E-state index contributed by atoms with van der Waals surface area (Å²) in [5.41, 5.74) is 5.59. The molecule has 1 amide bonds. The molecule has 0 radical (unpaired) electrons. The number of likely N-dealkylation sites (N-methyl/N-ethyl adjacent to an activating group) is 1. The fourth-order valence-electron chi connectivity index (χ4n) is 1.48. The van der Waals surface area contributed by atoms with Crippen molar-refractivity contribution in [3.63, 3.8) is 0 Å². The highest BCUT2D eigenvalue weighted by Gasteiger charge is 2.23. The highest BCUT2D eigenvalue weighted by atomic mass is 32.1. The lowest BCUT2D eigenvalue weighted by Crippen LogP contribution is -2.40. The van der Waals surface area contributed by atoms with E-state index in [-0.39, 0.29) is 22.9 Å². The molecule has 5 heteroatoms. The van der Waals surface area contributed by atoms with Crippen molar-refractivity contribution >= 4 is 23.1 Å². The van der Waals surface area contributed by atoms with Crippen LogP contribution in [0, 0.1) is 5.92 Å². The average molecular weight is 260 g/mol. The van der Waals surface area contributed by atoms with Gasteiger partial charge in [-0.15, -0.1) is 0 Å². The number of thiocarbonyl (C=S) groups is 1. The molecule has 0 aliphatic rings. The van der Waals surface area contributed by atoms with Gasteiger partial charge in [0, 0.05) is 13.6 Å². The van der Waals surface area contributed by atoms with E-state index in [9.17, 15) is 4.79 Å². The van der Waals surface area contributed by atoms with Gasteiger partial charge in [-0.05, 0) is 20.3 Å². The number of amides is 1. The molecular formula is C12H24N2O2S. The number of carbonyl (C=O) groups excluding carboxylic acids is 1. The predicted octanol–water partition coefficient (Wildman–Crippen LogP) is 1.57. The van der Waals surface area contributed by atoms with Crippen LogP contribution < -0.4 is 5.73 Å². The number of ether oxygens (including phenoxy) is 1. The van der Waals surface area contributed by atoms with Crippen LogP contribution in [0.4, 0.5) is 0 Å². The van der Waals surface area contributed by atoms with Crippen molar-refractivity contribution in [3.8, 4) is 0 Å². The normalized spacial score (nSPS) is 12.5. The van der Waals surface area contributed by atoms with Crippen molar-refractivity contribution in [2.45, 2.75) is 39.7 Å². The third-order valence-corrected chi connectivity index (χ3v) is 2.76. The molecular weight excluding hydrogens is 236 g/mol. The molecule has 0 aliphatic carbocycles. The van der Waals surface area contributed by atoms with Crippen molar-refractivity contribution in [1.29, 1.82) is 0 Å². The molecule has 1 atom stereocenters. The number of nitrogens with zero attached hydrogens (tertiary/aromatic N) is 1. The van der Waals surface area contributed by atoms with Gasteiger partial charge in [0.05, 0.1) is 23.6 Å². The monoisotopic (exact) mass is 260 g/mol. The number of hydrogen-bond acceptors (Lipinski definition) is 3. The average Bonchev–Trinajstić information content (AvgIpc) is 2.23. The lowest BCUT2D eigenvalue weighted by atomic mass is 10.0. The van der Waals surface area contributed by atoms with Gasteiger partial charge < -0.3 is 15.4 Å². The van der Waals surface area contributed by atoms with Gasteiger partial charge in [-0.25, -0.2) is 0 Å². The quantitative estimate of drug-likeness (QED) is 0.673. The summed E-state index contributed by atoms with van der Waals surface area (Å²) in [6.07, 6.45) is 1.79. The first-order valence-corrected chi connectivity index (χ1v) is 6.46. The molecule has 0 spiro atoms. The Bertz CT molecular complexity index is 257. The Morgan fingerprint density at radius 2 is 2.06 bits per heavy atom. The molecule has 2 N–H and O–H groups in total. The van der Waals surface area contributed by atoms with Crippen LogP contribution in [0.25, 0.3) is 0 Å². The largest absolute Gasteiger partial charge is 0.393 e. The van der Waals surface area contributed by atoms with Crippen molar-refractivity contribution in [2.24, 2.45) is 11.7 Å². The number of rotatable bonds is 8. The first-order valence-electron chi connectivity index (χ1n) is 6.06. The Labute approximate surface area is 109 Å². The molecule has 0 aromatic carbocycles. The molecule has 4 nitrogen and oxygen atoms in total. The Morgan fingerprint density at radius 1 is 1.47 bits per heavy atom. The first-order chi connectivity index (χ1) is 7.90. The Morgan fingerprint density at radius 3 is 2.47 bits per heavy atom. The Kier molecular flexibility index (Phi) is 8.08. The zero-order valence-electron chi connectivity index (χ0n) is 11.2. The fourth-order valence-corrected chi connectivity index (χ4v) is 1.70. The van der Waals surface area contributed by atoms with Crippen LogP contribution in [0.2, 0.25) is 0 Å². The molecule has 0 saturated carbocycles. The second kappa shape index (κ2) is 8.42. The summed E-state index contributed by atoms with van der Waals surface area (Å²) in [6, 6.07) is 0. The molecule has 100 valence electrons. The maximum Gasteiger partial charge on any atom is 0.232 e. The summed E-state index contributed by atoms with van der Waals surface area (Å²) < 4.78 is 5.40. The van der Waals surface area contributed by atoms with E-state index < -0.39 is 0 Å². The van der Waals surface area contributed by atoms with Crippen LogP contribution in [0.15, 0.2) is 0 Å². The van der Waals surface area contributed by atoms with Gasteiger partial charge in [0.2, 0.25) is 5.91 Å². The maximum atomic E-state index is 12.1. The summed E-state index contributed by atoms with van der Waals surface area (Å²) in [4.78, 5) is 14.0. The molecule has 0 bridgehead atoms. The molecule has 1 unspecified atom stereocenters. The molecule has 0 aromatic rings. The van der Waals surface area contributed by atoms with Crippen molar-refractivity contribution in [2.75, 3.05) is 20.2 Å². The molecule has 17 heavy (non-hydrogen) atoms. The third kappa shape index (κ3) is 6.58. The van der Waals surface area contributed by atoms with Crippen molar-refractivity contribution in [1.82, 2.24) is 4.90 Å². The second-order valence-electron chi connectivity index (χ2n) is 4.42. The maximum absolute atomic E-state index is 12.1. The van der Waals surface area contributed by atoms with Crippen LogP contribution in [-0.4, -0.2) is 42.1 Å². The second-order valence-corrected chi connectivity index (χ2v) is 4.89. The van der Waals surface area contributed by atoms with E-state index in [1.165, 1.54) is 0 Å². The number of carbonyl (C=O) groups is 1. The summed E-state index contributed by atoms with van der Waals surface area (Å²) in [6.45, 7) is 7.06. The van der Waals surface area contributed by atoms with Gasteiger partial charge in [0.1, 0.15) is 0 Å². The standard InChI is InChI=1S/C12H24N2O2S/c1-5-6-10(11(13)17)12(15)14(4)7-8-16-9(2)3/h9-10H,5-8H2,1-4H3,(H2,13,17). The van der Waals surface area contributed by atoms with E-state index >= 15 is 0 Å². The summed E-state index contributed by atoms with van der Waals surface area (Å²) >= 11 is 4.93. The number of nitrogens with two attached hydrogens (primary N) is 1. The molecule has 0 aromatic heterocycles. The Balaban J connectivity index is 4.20. The lowest BCUT2D eigenvalue weighted by molar-refractivity contribution is -0.133. The zero-order valence-corrected chi connectivity index (χ0v) is 12.0. The third-order valence-electron chi connectivity index (χ3n) is 2.47. The van der Waals surface area contributed by atoms with Crippen LogP contribution in [0.3, 0.4) is 0 Å². The summed E-state index contributed by atoms with van der Waals surface area (Å²) in [5.74, 6) is -0.342. The van der Waals surface area contributed by atoms with E-state index in [2.05, 4.69) is 0 Å². The van der Waals surface area contributed by atoms with Crippen LogP contribution in [-0.2, 0) is 9.53 Å². The topological polar surface area (TPSA) is 55.6 Å². The Hall–Kier alpha value is -0.680. The SMILES string of the molecule is CCCC(C(=O)N(C)CCOC(C)C)C(N)=S. The fraction of sp³-hybridized carbons (Fsp3) is 0.833. The van der Waals surface area contributed by atoms with Gasteiger partial charge in [0.15, 0.2) is 0 Å². The highest BCUT2D eigenvalue weighted by molar-refractivity contribution is 7.80. The minimum Gasteiger partial charge on any atom is -0.393 e. The summed E-state index contributed by atoms with van der Waals surface area (Å²) in [5, 5.41) is 0. The van der Waals surface area contributed by atoms with Gasteiger partial charge in [-0.2, -0.15) is 0 Å². The molecule has 0 heterocycles. The molecule has 0 aliphatic heterocycles. The summed E-state index contributed by atoms with van der Waals surface area (Å²) in [7, 11) is 1.76. The van der Waals surface area contributed by atoms with Gasteiger partial charge in [0.25, 0.3) is 0 Å². The zero-order chi connectivity index (χ0) is 13.4. The first kappa shape index (κ1) is 16.3. The van der Waals surface area contributed by atoms with E-state index in [1.807, 2.05) is 20.8 Å². The van der Waals surface area contributed by atoms with Crippen molar-refractivity contribution < 1.29 is 9.53 Å². The van der Waals surface area contributed by atoms with E-state index in [4.69, 9.17) is 22.7 Å². The lowest BCUT2D eigenvalue weighted by Gasteiger charge is -2.23. The smallest absolute Gasteiger partial charge is 0.232 e. The van der Waals surface area contributed by atoms with Crippen LogP contribution >= 0.6 is 12.2 Å². The minimum atomic E-state index is -0.334. The van der Waals surface area contributed by atoms with Gasteiger partial charge in [-0.1, -0.05) is 25.6 Å².